The van der Waals surface area contributed by atoms with Crippen molar-refractivity contribution in [2.24, 2.45) is 0 Å². The van der Waals surface area contributed by atoms with Crippen LogP contribution in [-0.4, -0.2) is 24.8 Å². The molecule has 0 spiro atoms. The lowest BCUT2D eigenvalue weighted by atomic mass is 9.91. The van der Waals surface area contributed by atoms with Gasteiger partial charge in [-0.25, -0.2) is 0 Å². The topological polar surface area (TPSA) is 65.1 Å². The Morgan fingerprint density at radius 3 is 2.48 bits per heavy atom. The first kappa shape index (κ1) is 18.2. The smallest absolute Gasteiger partial charge is 0.345 e. The molecule has 0 aromatic heterocycles. The predicted molar refractivity (Wildman–Crippen MR) is 103 cm³/mol. The van der Waals surface area contributed by atoms with Crippen molar-refractivity contribution in [2.45, 2.75) is 32.5 Å². The summed E-state index contributed by atoms with van der Waals surface area (Å²) in [5.41, 5.74) is 1.63. The Morgan fingerprint density at radius 1 is 1.07 bits per heavy atom. The highest BCUT2D eigenvalue weighted by molar-refractivity contribution is 7.56. The number of para-hydroxylation sites is 2. The van der Waals surface area contributed by atoms with Crippen LogP contribution in [0.4, 0.5) is 5.69 Å². The third-order valence-corrected chi connectivity index (χ3v) is 7.28. The van der Waals surface area contributed by atoms with Gasteiger partial charge in [0.25, 0.3) is 0 Å². The largest absolute Gasteiger partial charge is 0.455 e. The van der Waals surface area contributed by atoms with Crippen molar-refractivity contribution in [3.8, 4) is 11.5 Å². The molecule has 2 aromatic carbocycles. The van der Waals surface area contributed by atoms with E-state index in [-0.39, 0.29) is 19.1 Å². The Labute approximate surface area is 158 Å². The van der Waals surface area contributed by atoms with Gasteiger partial charge in [0, 0.05) is 5.56 Å². The number of benzene rings is 2. The number of aryl methyl sites for hydroxylation is 1. The van der Waals surface area contributed by atoms with E-state index < -0.39 is 19.3 Å². The van der Waals surface area contributed by atoms with E-state index in [0.29, 0.717) is 17.2 Å². The van der Waals surface area contributed by atoms with Gasteiger partial charge in [0.15, 0.2) is 11.4 Å². The molecule has 0 unspecified atom stereocenters. The van der Waals surface area contributed by atoms with Crippen molar-refractivity contribution in [2.75, 3.05) is 18.1 Å². The molecule has 0 radical (unpaired) electrons. The second-order valence-corrected chi connectivity index (χ2v) is 8.74. The van der Waals surface area contributed by atoms with Gasteiger partial charge in [-0.3, -0.25) is 14.3 Å². The monoisotopic (exact) mass is 387 g/mol. The summed E-state index contributed by atoms with van der Waals surface area (Å²) >= 11 is 0. The van der Waals surface area contributed by atoms with E-state index in [9.17, 15) is 9.36 Å². The molecule has 4 rings (SSSR count). The van der Waals surface area contributed by atoms with Gasteiger partial charge in [-0.2, -0.15) is 0 Å². The number of hydrogen-bond acceptors (Lipinski definition) is 5. The van der Waals surface area contributed by atoms with Crippen LogP contribution in [0.25, 0.3) is 0 Å². The molecule has 0 N–H and O–H groups in total. The minimum Gasteiger partial charge on any atom is -0.455 e. The summed E-state index contributed by atoms with van der Waals surface area (Å²) in [7, 11) is -3.62. The van der Waals surface area contributed by atoms with Gasteiger partial charge in [0.1, 0.15) is 5.75 Å². The van der Waals surface area contributed by atoms with Gasteiger partial charge in [-0.15, -0.1) is 0 Å². The normalized spacial score (nSPS) is 20.7. The van der Waals surface area contributed by atoms with Gasteiger partial charge in [-0.05, 0) is 39.0 Å². The zero-order valence-corrected chi connectivity index (χ0v) is 16.4. The van der Waals surface area contributed by atoms with Crippen LogP contribution in [-0.2, 0) is 18.4 Å². The van der Waals surface area contributed by atoms with E-state index in [1.165, 1.54) is 0 Å². The molecule has 1 fully saturated rings. The fraction of sp³-hybridized carbons (Fsp3) is 0.350. The lowest BCUT2D eigenvalue weighted by Gasteiger charge is -2.47. The van der Waals surface area contributed by atoms with Gasteiger partial charge in [-0.1, -0.05) is 29.8 Å². The molecule has 1 saturated heterocycles. The number of rotatable bonds is 5. The number of carbonyl (C=O) groups is 1. The Morgan fingerprint density at radius 2 is 1.78 bits per heavy atom. The minimum absolute atomic E-state index is 0.210. The molecule has 142 valence electrons. The number of nitrogens with zero attached hydrogens (tertiary/aromatic N) is 1. The molecule has 0 aliphatic carbocycles. The Hall–Kier alpha value is -2.14. The van der Waals surface area contributed by atoms with Crippen molar-refractivity contribution >= 4 is 19.2 Å². The van der Waals surface area contributed by atoms with Crippen molar-refractivity contribution in [3.05, 3.63) is 53.6 Å². The van der Waals surface area contributed by atoms with Gasteiger partial charge in [0.05, 0.1) is 24.9 Å². The second kappa shape index (κ2) is 6.79. The molecule has 27 heavy (non-hydrogen) atoms. The van der Waals surface area contributed by atoms with Crippen molar-refractivity contribution < 1.29 is 23.1 Å². The minimum atomic E-state index is -3.62. The molecule has 0 bridgehead atoms. The molecule has 2 aliphatic rings. The number of ether oxygens (including phenoxy) is 1. The molecule has 2 atom stereocenters. The SMILES string of the molecule is CCOP(=O)(OCC)[C@H]1C(=O)N2c3ccccc3Oc3ccc(C)cc3[C@H]12. The van der Waals surface area contributed by atoms with Crippen LogP contribution in [0, 0.1) is 6.92 Å². The molecule has 6 nitrogen and oxygen atoms in total. The van der Waals surface area contributed by atoms with E-state index in [0.717, 1.165) is 11.1 Å². The Balaban J connectivity index is 1.89. The zero-order valence-electron chi connectivity index (χ0n) is 15.5. The first-order valence-electron chi connectivity index (χ1n) is 9.09. The number of anilines is 1. The maximum Gasteiger partial charge on any atom is 0.345 e. The fourth-order valence-electron chi connectivity index (χ4n) is 3.77. The van der Waals surface area contributed by atoms with Crippen LogP contribution in [0.15, 0.2) is 42.5 Å². The average molecular weight is 387 g/mol. The molecule has 2 aliphatic heterocycles. The Kier molecular flexibility index (Phi) is 4.58. The molecule has 7 heteroatoms. The zero-order chi connectivity index (χ0) is 19.2. The number of carbonyl (C=O) groups excluding carboxylic acids is 1. The predicted octanol–water partition coefficient (Wildman–Crippen LogP) is 4.82. The summed E-state index contributed by atoms with van der Waals surface area (Å²) in [4.78, 5) is 14.8. The first-order valence-corrected chi connectivity index (χ1v) is 10.7. The van der Waals surface area contributed by atoms with Crippen LogP contribution in [0.2, 0.25) is 0 Å². The number of fused-ring (bicyclic) bond motifs is 5. The molecule has 0 saturated carbocycles. The highest BCUT2D eigenvalue weighted by atomic mass is 31.2. The third kappa shape index (κ3) is 2.80. The van der Waals surface area contributed by atoms with Gasteiger partial charge >= 0.3 is 7.60 Å². The number of hydrogen-bond donors (Lipinski definition) is 0. The molecular weight excluding hydrogens is 365 g/mol. The number of amides is 1. The summed E-state index contributed by atoms with van der Waals surface area (Å²) in [6, 6.07) is 12.7. The number of β-lactam (4-membered cyclic amide) rings is 1. The summed E-state index contributed by atoms with van der Waals surface area (Å²) in [5.74, 6) is 0.979. The van der Waals surface area contributed by atoms with Crippen LogP contribution >= 0.6 is 7.60 Å². The Bertz CT molecular complexity index is 934. The maximum absolute atomic E-state index is 13.4. The fourth-order valence-corrected chi connectivity index (χ4v) is 5.92. The second-order valence-electron chi connectivity index (χ2n) is 6.58. The van der Waals surface area contributed by atoms with Crippen molar-refractivity contribution in [1.29, 1.82) is 0 Å². The summed E-state index contributed by atoms with van der Waals surface area (Å²) in [5, 5.41) is 0. The van der Waals surface area contributed by atoms with Crippen molar-refractivity contribution in [3.63, 3.8) is 0 Å². The van der Waals surface area contributed by atoms with Gasteiger partial charge in [0.2, 0.25) is 5.91 Å². The molecule has 2 heterocycles. The first-order chi connectivity index (χ1) is 13.0. The van der Waals surface area contributed by atoms with Crippen molar-refractivity contribution in [1.82, 2.24) is 0 Å². The maximum atomic E-state index is 13.4. The highest BCUT2D eigenvalue weighted by Crippen LogP contribution is 2.65. The van der Waals surface area contributed by atoms with Gasteiger partial charge < -0.3 is 13.8 Å². The molecule has 2 aromatic rings. The standard InChI is InChI=1S/C20H22NO5P/c1-4-24-27(23,25-5-2)19-18-14-12-13(3)10-11-16(14)26-17-9-7-6-8-15(17)21(18)20(19)22/h6-12,18-19H,4-5H2,1-3H3/t18-,19-/m1/s1. The van der Waals surface area contributed by atoms with E-state index in [1.807, 2.05) is 49.4 Å². The molecular formula is C20H22NO5P. The summed E-state index contributed by atoms with van der Waals surface area (Å²) in [6.45, 7) is 5.89. The lowest BCUT2D eigenvalue weighted by Crippen LogP contribution is -2.59. The van der Waals surface area contributed by atoms with Crippen LogP contribution in [0.5, 0.6) is 11.5 Å². The van der Waals surface area contributed by atoms with E-state index in [2.05, 4.69) is 0 Å². The van der Waals surface area contributed by atoms with Crippen LogP contribution < -0.4 is 9.64 Å². The van der Waals surface area contributed by atoms with E-state index in [4.69, 9.17) is 13.8 Å². The lowest BCUT2D eigenvalue weighted by molar-refractivity contribution is -0.124. The summed E-state index contributed by atoms with van der Waals surface area (Å²) in [6.07, 6.45) is 0. The van der Waals surface area contributed by atoms with E-state index in [1.54, 1.807) is 18.7 Å². The molecule has 1 amide bonds. The van der Waals surface area contributed by atoms with Crippen LogP contribution in [0.3, 0.4) is 0 Å². The third-order valence-electron chi connectivity index (χ3n) is 4.86. The van der Waals surface area contributed by atoms with Crippen LogP contribution in [0.1, 0.15) is 31.0 Å². The quantitative estimate of drug-likeness (QED) is 0.543. The average Bonchev–Trinajstić information content (AvgIpc) is 2.74. The van der Waals surface area contributed by atoms with E-state index >= 15 is 0 Å². The highest BCUT2D eigenvalue weighted by Gasteiger charge is 2.61. The summed E-state index contributed by atoms with van der Waals surface area (Å²) < 4.78 is 30.6.